The van der Waals surface area contributed by atoms with Gasteiger partial charge in [-0.3, -0.25) is 4.79 Å². The molecule has 1 atom stereocenters. The normalized spacial score (nSPS) is 12.6. The average molecular weight is 164 g/mol. The summed E-state index contributed by atoms with van der Waals surface area (Å²) in [5.74, 6) is -0.565. The van der Waals surface area contributed by atoms with E-state index in [2.05, 4.69) is 9.47 Å². The minimum Gasteiger partial charge on any atom is -0.434 e. The van der Waals surface area contributed by atoms with Crippen molar-refractivity contribution in [2.75, 3.05) is 19.8 Å². The summed E-state index contributed by atoms with van der Waals surface area (Å²) >= 11 is 0. The van der Waals surface area contributed by atoms with Crippen LogP contribution in [0.25, 0.3) is 0 Å². The number of hydrogen-bond acceptors (Lipinski definition) is 5. The number of ether oxygens (including phenoxy) is 2. The molecule has 0 aromatic carbocycles. The van der Waals surface area contributed by atoms with Gasteiger partial charge in [-0.2, -0.15) is 0 Å². The quantitative estimate of drug-likeness (QED) is 0.306. The highest BCUT2D eigenvalue weighted by molar-refractivity contribution is 5.65. The molecule has 0 spiro atoms. The van der Waals surface area contributed by atoms with E-state index in [1.54, 1.807) is 0 Å². The summed E-state index contributed by atoms with van der Waals surface area (Å²) in [5.41, 5.74) is 0. The number of aliphatic hydroxyl groups excluding tert-OH is 2. The molecule has 0 aromatic heterocycles. The molecular formula is C6H12O5. The summed E-state index contributed by atoms with van der Waals surface area (Å²) in [7, 11) is 0. The summed E-state index contributed by atoms with van der Waals surface area (Å²) in [5, 5.41) is 17.0. The molecule has 0 aliphatic carbocycles. The van der Waals surface area contributed by atoms with Crippen molar-refractivity contribution in [3.63, 3.8) is 0 Å². The Morgan fingerprint density at radius 2 is 2.27 bits per heavy atom. The fourth-order valence-electron chi connectivity index (χ4n) is 0.474. The van der Waals surface area contributed by atoms with Gasteiger partial charge in [0.05, 0.1) is 13.2 Å². The minimum atomic E-state index is -1.24. The van der Waals surface area contributed by atoms with Crippen molar-refractivity contribution in [1.29, 1.82) is 0 Å². The van der Waals surface area contributed by atoms with Crippen LogP contribution < -0.4 is 0 Å². The molecule has 5 heteroatoms. The van der Waals surface area contributed by atoms with E-state index in [1.165, 1.54) is 6.92 Å². The van der Waals surface area contributed by atoms with Crippen molar-refractivity contribution in [2.45, 2.75) is 13.2 Å². The molecule has 1 unspecified atom stereocenters. The number of carbonyl (C=O) groups excluding carboxylic acids is 1. The maximum atomic E-state index is 10.2. The summed E-state index contributed by atoms with van der Waals surface area (Å²) in [6, 6.07) is 0. The molecule has 0 bridgehead atoms. The molecule has 0 heterocycles. The summed E-state index contributed by atoms with van der Waals surface area (Å²) in [6.45, 7) is 1.08. The molecule has 0 saturated carbocycles. The van der Waals surface area contributed by atoms with Gasteiger partial charge in [-0.25, -0.2) is 0 Å². The van der Waals surface area contributed by atoms with Gasteiger partial charge in [0, 0.05) is 6.92 Å². The van der Waals surface area contributed by atoms with Crippen molar-refractivity contribution in [3.05, 3.63) is 0 Å². The Balaban J connectivity index is 3.22. The fourth-order valence-corrected chi connectivity index (χ4v) is 0.474. The third kappa shape index (κ3) is 7.24. The molecule has 5 nitrogen and oxygen atoms in total. The van der Waals surface area contributed by atoms with Crippen LogP contribution in [0.1, 0.15) is 6.92 Å². The molecule has 0 rings (SSSR count). The van der Waals surface area contributed by atoms with Gasteiger partial charge in [-0.1, -0.05) is 0 Å². The van der Waals surface area contributed by atoms with E-state index in [9.17, 15) is 4.79 Å². The van der Waals surface area contributed by atoms with Gasteiger partial charge in [0.25, 0.3) is 0 Å². The minimum absolute atomic E-state index is 0.111. The van der Waals surface area contributed by atoms with Gasteiger partial charge in [-0.15, -0.1) is 0 Å². The van der Waals surface area contributed by atoms with Crippen molar-refractivity contribution in [1.82, 2.24) is 0 Å². The summed E-state index contributed by atoms with van der Waals surface area (Å²) < 4.78 is 8.97. The van der Waals surface area contributed by atoms with E-state index >= 15 is 0 Å². The Bertz CT molecular complexity index is 114. The molecule has 0 radical (unpaired) electrons. The number of esters is 1. The van der Waals surface area contributed by atoms with Crippen LogP contribution in [-0.2, 0) is 14.3 Å². The first-order chi connectivity index (χ1) is 5.16. The highest BCUT2D eigenvalue weighted by Gasteiger charge is 2.05. The van der Waals surface area contributed by atoms with Crippen molar-refractivity contribution in [2.24, 2.45) is 0 Å². The van der Waals surface area contributed by atoms with Crippen LogP contribution in [0.4, 0.5) is 0 Å². The first-order valence-electron chi connectivity index (χ1n) is 3.20. The van der Waals surface area contributed by atoms with E-state index in [0.717, 1.165) is 0 Å². The number of carbonyl (C=O) groups is 1. The van der Waals surface area contributed by atoms with Gasteiger partial charge < -0.3 is 19.7 Å². The lowest BCUT2D eigenvalue weighted by Crippen LogP contribution is -2.22. The molecule has 0 fully saturated rings. The predicted molar refractivity (Wildman–Crippen MR) is 35.7 cm³/mol. The lowest BCUT2D eigenvalue weighted by molar-refractivity contribution is -0.174. The van der Waals surface area contributed by atoms with Crippen LogP contribution >= 0.6 is 0 Å². The molecule has 66 valence electrons. The largest absolute Gasteiger partial charge is 0.434 e. The van der Waals surface area contributed by atoms with E-state index in [-0.39, 0.29) is 19.8 Å². The predicted octanol–water partition coefficient (Wildman–Crippen LogP) is -1.12. The molecule has 2 N–H and O–H groups in total. The van der Waals surface area contributed by atoms with Crippen molar-refractivity contribution < 1.29 is 24.5 Å². The molecular weight excluding hydrogens is 152 g/mol. The van der Waals surface area contributed by atoms with Gasteiger partial charge in [-0.05, 0) is 0 Å². The van der Waals surface area contributed by atoms with Gasteiger partial charge in [0.2, 0.25) is 6.29 Å². The second-order valence-electron chi connectivity index (χ2n) is 1.86. The van der Waals surface area contributed by atoms with Crippen molar-refractivity contribution >= 4 is 5.97 Å². The highest BCUT2D eigenvalue weighted by atomic mass is 16.7. The van der Waals surface area contributed by atoms with Crippen LogP contribution in [0.15, 0.2) is 0 Å². The Morgan fingerprint density at radius 3 is 2.73 bits per heavy atom. The first-order valence-corrected chi connectivity index (χ1v) is 3.20. The summed E-state index contributed by atoms with van der Waals surface area (Å²) in [6.07, 6.45) is -1.24. The monoisotopic (exact) mass is 164 g/mol. The second kappa shape index (κ2) is 6.09. The summed E-state index contributed by atoms with van der Waals surface area (Å²) in [4.78, 5) is 10.2. The number of aliphatic hydroxyl groups is 2. The molecule has 0 aromatic rings. The molecule has 0 aliphatic heterocycles. The van der Waals surface area contributed by atoms with Gasteiger partial charge in [0.15, 0.2) is 0 Å². The molecule has 0 aliphatic rings. The maximum Gasteiger partial charge on any atom is 0.305 e. The molecule has 0 saturated heterocycles. The first kappa shape index (κ1) is 10.3. The van der Waals surface area contributed by atoms with Crippen LogP contribution in [0, 0.1) is 0 Å². The van der Waals surface area contributed by atoms with Crippen LogP contribution in [-0.4, -0.2) is 42.3 Å². The SMILES string of the molecule is CC(=O)OC(O)COCCO. The van der Waals surface area contributed by atoms with Gasteiger partial charge in [0.1, 0.15) is 6.61 Å². The van der Waals surface area contributed by atoms with E-state index in [4.69, 9.17) is 10.2 Å². The standard InChI is InChI=1S/C6H12O5/c1-5(8)11-6(9)4-10-3-2-7/h6-7,9H,2-4H2,1H3. The fraction of sp³-hybridized carbons (Fsp3) is 0.833. The third-order valence-electron chi connectivity index (χ3n) is 0.798. The van der Waals surface area contributed by atoms with E-state index < -0.39 is 12.3 Å². The lowest BCUT2D eigenvalue weighted by Gasteiger charge is -2.09. The lowest BCUT2D eigenvalue weighted by atomic mass is 10.6. The molecule has 11 heavy (non-hydrogen) atoms. The zero-order valence-corrected chi connectivity index (χ0v) is 6.32. The smallest absolute Gasteiger partial charge is 0.305 e. The Hall–Kier alpha value is -0.650. The molecule has 0 amide bonds. The van der Waals surface area contributed by atoms with Crippen molar-refractivity contribution in [3.8, 4) is 0 Å². The zero-order chi connectivity index (χ0) is 8.69. The van der Waals surface area contributed by atoms with Gasteiger partial charge >= 0.3 is 5.97 Å². The maximum absolute atomic E-state index is 10.2. The Morgan fingerprint density at radius 1 is 1.64 bits per heavy atom. The Kier molecular flexibility index (Phi) is 5.73. The van der Waals surface area contributed by atoms with E-state index in [0.29, 0.717) is 0 Å². The topological polar surface area (TPSA) is 76.0 Å². The van der Waals surface area contributed by atoms with Crippen LogP contribution in [0.3, 0.4) is 0 Å². The van der Waals surface area contributed by atoms with E-state index in [1.807, 2.05) is 0 Å². The number of rotatable bonds is 5. The zero-order valence-electron chi connectivity index (χ0n) is 6.32. The number of hydrogen-bond donors (Lipinski definition) is 2. The highest BCUT2D eigenvalue weighted by Crippen LogP contribution is 1.88. The second-order valence-corrected chi connectivity index (χ2v) is 1.86. The third-order valence-corrected chi connectivity index (χ3v) is 0.798. The Labute approximate surface area is 64.5 Å². The van der Waals surface area contributed by atoms with Crippen LogP contribution in [0.5, 0.6) is 0 Å². The average Bonchev–Trinajstić information content (AvgIpc) is 1.86. The van der Waals surface area contributed by atoms with Crippen LogP contribution in [0.2, 0.25) is 0 Å².